The smallest absolute Gasteiger partial charge is 0.305 e. The van der Waals surface area contributed by atoms with Crippen molar-refractivity contribution in [2.75, 3.05) is 13.1 Å². The Labute approximate surface area is 174 Å². The number of carboxylic acid groups (broad SMARTS) is 1. The number of hydrogen-bond donors (Lipinski definition) is 1. The molecule has 0 aliphatic rings. The predicted octanol–water partition coefficient (Wildman–Crippen LogP) is 4.18. The van der Waals surface area contributed by atoms with Gasteiger partial charge < -0.3 is 14.6 Å². The summed E-state index contributed by atoms with van der Waals surface area (Å²) in [6.07, 6.45) is 0.491. The van der Waals surface area contributed by atoms with E-state index in [2.05, 4.69) is 16.5 Å². The Balaban J connectivity index is 1.83. The topological polar surface area (TPSA) is 75.4 Å². The molecule has 0 saturated carbocycles. The lowest BCUT2D eigenvalue weighted by molar-refractivity contribution is -0.137. The first-order valence-corrected chi connectivity index (χ1v) is 9.99. The first kappa shape index (κ1) is 20.9. The highest BCUT2D eigenvalue weighted by Gasteiger charge is 2.18. The molecule has 0 fully saturated rings. The molecule has 1 N–H and O–H groups in total. The number of imidazole rings is 1. The molecule has 2 aromatic carbocycles. The molecule has 1 heterocycles. The van der Waals surface area contributed by atoms with Gasteiger partial charge in [0.1, 0.15) is 5.82 Å². The number of nitrogens with zero attached hydrogens (tertiary/aromatic N) is 3. The predicted molar refractivity (Wildman–Crippen MR) is 113 cm³/mol. The molecular weight excluding hydrogens is 390 g/mol. The van der Waals surface area contributed by atoms with Crippen molar-refractivity contribution in [1.82, 2.24) is 14.5 Å². The minimum Gasteiger partial charge on any atom is -0.481 e. The van der Waals surface area contributed by atoms with E-state index in [-0.39, 0.29) is 18.9 Å². The second-order valence-corrected chi connectivity index (χ2v) is 7.36. The number of amides is 1. The lowest BCUT2D eigenvalue weighted by Crippen LogP contribution is -2.34. The van der Waals surface area contributed by atoms with E-state index in [0.717, 1.165) is 29.0 Å². The molecule has 1 aromatic heterocycles. The number of carbonyl (C=O) groups is 2. The van der Waals surface area contributed by atoms with Gasteiger partial charge in [-0.25, -0.2) is 4.98 Å². The average Bonchev–Trinajstić information content (AvgIpc) is 3.01. The highest BCUT2D eigenvalue weighted by Crippen LogP contribution is 2.19. The first-order valence-electron chi connectivity index (χ1n) is 9.61. The summed E-state index contributed by atoms with van der Waals surface area (Å²) in [4.78, 5) is 30.3. The second-order valence-electron chi connectivity index (χ2n) is 6.92. The molecule has 29 heavy (non-hydrogen) atoms. The van der Waals surface area contributed by atoms with Crippen LogP contribution in [0.3, 0.4) is 0 Å². The zero-order valence-corrected chi connectivity index (χ0v) is 17.3. The van der Waals surface area contributed by atoms with Crippen molar-refractivity contribution in [3.63, 3.8) is 0 Å². The van der Waals surface area contributed by atoms with Crippen molar-refractivity contribution < 1.29 is 14.7 Å². The monoisotopic (exact) mass is 413 g/mol. The Morgan fingerprint density at radius 2 is 1.97 bits per heavy atom. The number of benzene rings is 2. The average molecular weight is 414 g/mol. The highest BCUT2D eigenvalue weighted by atomic mass is 35.5. The van der Waals surface area contributed by atoms with Crippen LogP contribution in [-0.4, -0.2) is 44.5 Å². The molecule has 0 spiro atoms. The van der Waals surface area contributed by atoms with E-state index >= 15 is 0 Å². The largest absolute Gasteiger partial charge is 0.481 e. The van der Waals surface area contributed by atoms with Gasteiger partial charge in [0.15, 0.2) is 0 Å². The number of hydrogen-bond acceptors (Lipinski definition) is 3. The quantitative estimate of drug-likeness (QED) is 0.601. The summed E-state index contributed by atoms with van der Waals surface area (Å²) >= 11 is 6.04. The minimum atomic E-state index is -0.932. The summed E-state index contributed by atoms with van der Waals surface area (Å²) in [7, 11) is 0. The van der Waals surface area contributed by atoms with E-state index in [1.54, 1.807) is 23.1 Å². The zero-order chi connectivity index (χ0) is 21.0. The van der Waals surface area contributed by atoms with Crippen LogP contribution < -0.4 is 0 Å². The van der Waals surface area contributed by atoms with Crippen molar-refractivity contribution in [3.05, 3.63) is 64.4 Å². The Hall–Kier alpha value is -2.86. The number of halogens is 1. The SMILES string of the molecule is CCn1c(C)nc2cc(C(=O)N(CCC(=O)O)CCc3cccc(Cl)c3)ccc21. The second kappa shape index (κ2) is 9.09. The Bertz CT molecular complexity index is 1040. The lowest BCUT2D eigenvalue weighted by atomic mass is 10.1. The molecule has 1 amide bonds. The Morgan fingerprint density at radius 1 is 1.17 bits per heavy atom. The lowest BCUT2D eigenvalue weighted by Gasteiger charge is -2.22. The minimum absolute atomic E-state index is 0.104. The normalized spacial score (nSPS) is 11.0. The molecule has 0 saturated heterocycles. The van der Waals surface area contributed by atoms with Crippen molar-refractivity contribution in [2.45, 2.75) is 33.2 Å². The van der Waals surface area contributed by atoms with E-state index in [1.165, 1.54) is 0 Å². The maximum atomic E-state index is 13.1. The molecule has 0 aliphatic heterocycles. The van der Waals surface area contributed by atoms with Crippen LogP contribution in [0.1, 0.15) is 35.1 Å². The zero-order valence-electron chi connectivity index (χ0n) is 16.6. The van der Waals surface area contributed by atoms with Gasteiger partial charge >= 0.3 is 5.97 Å². The maximum Gasteiger partial charge on any atom is 0.305 e. The summed E-state index contributed by atoms with van der Waals surface area (Å²) in [5, 5.41) is 9.71. The molecule has 6 nitrogen and oxygen atoms in total. The fraction of sp³-hybridized carbons (Fsp3) is 0.318. The van der Waals surface area contributed by atoms with Crippen LogP contribution in [0.2, 0.25) is 5.02 Å². The molecule has 152 valence electrons. The summed E-state index contributed by atoms with van der Waals surface area (Å²) < 4.78 is 2.09. The summed E-state index contributed by atoms with van der Waals surface area (Å²) in [6.45, 7) is 5.36. The van der Waals surface area contributed by atoms with Gasteiger partial charge in [0.05, 0.1) is 17.5 Å². The number of carboxylic acids is 1. The molecule has 3 aromatic rings. The number of aromatic nitrogens is 2. The third-order valence-corrected chi connectivity index (χ3v) is 5.18. The molecule has 0 atom stereocenters. The van der Waals surface area contributed by atoms with Crippen molar-refractivity contribution in [3.8, 4) is 0 Å². The number of carbonyl (C=O) groups excluding carboxylic acids is 1. The van der Waals surface area contributed by atoms with Crippen molar-refractivity contribution in [2.24, 2.45) is 0 Å². The van der Waals surface area contributed by atoms with Crippen molar-refractivity contribution in [1.29, 1.82) is 0 Å². The maximum absolute atomic E-state index is 13.1. The van der Waals surface area contributed by atoms with Crippen LogP contribution >= 0.6 is 11.6 Å². The Morgan fingerprint density at radius 3 is 2.66 bits per heavy atom. The van der Waals surface area contributed by atoms with Crippen LogP contribution in [0.4, 0.5) is 0 Å². The van der Waals surface area contributed by atoms with E-state index in [4.69, 9.17) is 16.7 Å². The van der Waals surface area contributed by atoms with Crippen LogP contribution in [0, 0.1) is 6.92 Å². The fourth-order valence-electron chi connectivity index (χ4n) is 3.47. The van der Waals surface area contributed by atoms with E-state index in [1.807, 2.05) is 31.2 Å². The van der Waals surface area contributed by atoms with Gasteiger partial charge in [-0.2, -0.15) is 0 Å². The Kier molecular flexibility index (Phi) is 6.54. The van der Waals surface area contributed by atoms with Gasteiger partial charge in [-0.05, 0) is 56.2 Å². The van der Waals surface area contributed by atoms with Gasteiger partial charge in [0, 0.05) is 30.2 Å². The molecule has 0 radical (unpaired) electrons. The molecular formula is C22H24ClN3O3. The molecule has 0 bridgehead atoms. The summed E-state index contributed by atoms with van der Waals surface area (Å²) in [5.41, 5.74) is 3.26. The molecule has 3 rings (SSSR count). The van der Waals surface area contributed by atoms with Crippen molar-refractivity contribution >= 4 is 34.5 Å². The number of rotatable bonds is 8. The number of aryl methyl sites for hydroxylation is 2. The standard InChI is InChI=1S/C22H24ClN3O3/c1-3-26-15(2)24-19-14-17(7-8-20(19)26)22(29)25(12-10-21(27)28)11-9-16-5-4-6-18(23)13-16/h4-8,13-14H,3,9-12H2,1-2H3,(H,27,28). The third kappa shape index (κ3) is 4.95. The van der Waals surface area contributed by atoms with Crippen LogP contribution in [0.5, 0.6) is 0 Å². The van der Waals surface area contributed by atoms with E-state index in [0.29, 0.717) is 23.6 Å². The van der Waals surface area contributed by atoms with Gasteiger partial charge in [0.2, 0.25) is 0 Å². The molecule has 0 unspecified atom stereocenters. The van der Waals surface area contributed by atoms with E-state index in [9.17, 15) is 9.59 Å². The summed E-state index contributed by atoms with van der Waals surface area (Å²) in [6, 6.07) is 12.9. The molecule has 7 heteroatoms. The third-order valence-electron chi connectivity index (χ3n) is 4.94. The van der Waals surface area contributed by atoms with Gasteiger partial charge in [0.25, 0.3) is 5.91 Å². The molecule has 0 aliphatic carbocycles. The van der Waals surface area contributed by atoms with Gasteiger partial charge in [-0.3, -0.25) is 9.59 Å². The number of fused-ring (bicyclic) bond motifs is 1. The van der Waals surface area contributed by atoms with Crippen LogP contribution in [0.25, 0.3) is 11.0 Å². The summed E-state index contributed by atoms with van der Waals surface area (Å²) in [5.74, 6) is -0.229. The fourth-order valence-corrected chi connectivity index (χ4v) is 3.68. The highest BCUT2D eigenvalue weighted by molar-refractivity contribution is 6.30. The number of aliphatic carboxylic acids is 1. The van der Waals surface area contributed by atoms with Crippen LogP contribution in [-0.2, 0) is 17.8 Å². The van der Waals surface area contributed by atoms with Gasteiger partial charge in [-0.15, -0.1) is 0 Å². The van der Waals surface area contributed by atoms with Crippen LogP contribution in [0.15, 0.2) is 42.5 Å². The van der Waals surface area contributed by atoms with Gasteiger partial charge in [-0.1, -0.05) is 23.7 Å². The first-order chi connectivity index (χ1) is 13.9. The van der Waals surface area contributed by atoms with E-state index < -0.39 is 5.97 Å².